The van der Waals surface area contributed by atoms with Crippen LogP contribution in [0.3, 0.4) is 0 Å². The fourth-order valence-corrected chi connectivity index (χ4v) is 1.02. The summed E-state index contributed by atoms with van der Waals surface area (Å²) in [5, 5.41) is 9.21. The molecule has 0 bridgehead atoms. The largest absolute Gasteiger partial charge is 0.382 e. The molecule has 0 unspecified atom stereocenters. The van der Waals surface area contributed by atoms with Crippen LogP contribution in [0.15, 0.2) is 18.3 Å². The number of imidazole rings is 1. The maximum absolute atomic E-state index is 9.06. The number of nitrogens with zero attached hydrogens (tertiary/aromatic N) is 3. The van der Waals surface area contributed by atoms with Crippen molar-refractivity contribution in [1.82, 2.24) is 19.9 Å². The molecule has 2 rings (SSSR count). The van der Waals surface area contributed by atoms with Gasteiger partial charge in [0.1, 0.15) is 11.6 Å². The third kappa shape index (κ3) is 2.84. The van der Waals surface area contributed by atoms with Gasteiger partial charge in [0.15, 0.2) is 5.65 Å². The predicted octanol–water partition coefficient (Wildman–Crippen LogP) is -0.285. The van der Waals surface area contributed by atoms with E-state index < -0.39 is 0 Å². The topological polar surface area (TPSA) is 97.3 Å². The molecule has 0 fully saturated rings. The highest BCUT2D eigenvalue weighted by molar-refractivity contribution is 5.49. The summed E-state index contributed by atoms with van der Waals surface area (Å²) in [6, 6.07) is 3.55. The Kier molecular flexibility index (Phi) is 4.07. The summed E-state index contributed by atoms with van der Waals surface area (Å²) >= 11 is 0. The molecule has 0 atom stereocenters. The van der Waals surface area contributed by atoms with Crippen LogP contribution in [0, 0.1) is 0 Å². The van der Waals surface area contributed by atoms with Gasteiger partial charge in [-0.25, -0.2) is 9.50 Å². The molecular formula is C9H14N6O. The SMILES string of the molecule is CNC=O.CNc1cn2nc(N)ccc2n1. The molecule has 7 heteroatoms. The zero-order valence-corrected chi connectivity index (χ0v) is 9.14. The molecular weight excluding hydrogens is 208 g/mol. The van der Waals surface area contributed by atoms with E-state index in [1.807, 2.05) is 13.1 Å². The van der Waals surface area contributed by atoms with E-state index in [0.717, 1.165) is 11.5 Å². The summed E-state index contributed by atoms with van der Waals surface area (Å²) in [6.07, 6.45) is 2.41. The van der Waals surface area contributed by atoms with Gasteiger partial charge in [0.25, 0.3) is 0 Å². The third-order valence-electron chi connectivity index (χ3n) is 1.71. The van der Waals surface area contributed by atoms with Gasteiger partial charge in [0.05, 0.1) is 6.20 Å². The Labute approximate surface area is 92.7 Å². The second-order valence-corrected chi connectivity index (χ2v) is 2.84. The van der Waals surface area contributed by atoms with E-state index in [0.29, 0.717) is 12.2 Å². The maximum atomic E-state index is 9.06. The molecule has 7 nitrogen and oxygen atoms in total. The molecule has 2 aromatic heterocycles. The summed E-state index contributed by atoms with van der Waals surface area (Å²) in [5.41, 5.74) is 6.28. The number of rotatable bonds is 2. The van der Waals surface area contributed by atoms with Crippen molar-refractivity contribution in [2.45, 2.75) is 0 Å². The zero-order valence-electron chi connectivity index (χ0n) is 9.14. The Balaban J connectivity index is 0.000000280. The molecule has 0 aromatic carbocycles. The van der Waals surface area contributed by atoms with Crippen molar-refractivity contribution in [3.8, 4) is 0 Å². The van der Waals surface area contributed by atoms with E-state index >= 15 is 0 Å². The van der Waals surface area contributed by atoms with E-state index in [-0.39, 0.29) is 0 Å². The molecule has 0 radical (unpaired) electrons. The highest BCUT2D eigenvalue weighted by atomic mass is 16.1. The van der Waals surface area contributed by atoms with E-state index in [2.05, 4.69) is 20.7 Å². The van der Waals surface area contributed by atoms with Crippen LogP contribution in [0.5, 0.6) is 0 Å². The fourth-order valence-electron chi connectivity index (χ4n) is 1.02. The molecule has 2 heterocycles. The van der Waals surface area contributed by atoms with Crippen LogP contribution in [0.1, 0.15) is 0 Å². The molecule has 1 amide bonds. The summed E-state index contributed by atoms with van der Waals surface area (Å²) in [6.45, 7) is 0. The summed E-state index contributed by atoms with van der Waals surface area (Å²) in [5.74, 6) is 1.27. The van der Waals surface area contributed by atoms with Gasteiger partial charge in [-0.1, -0.05) is 0 Å². The van der Waals surface area contributed by atoms with Gasteiger partial charge in [-0.05, 0) is 12.1 Å². The number of amides is 1. The van der Waals surface area contributed by atoms with Crippen molar-refractivity contribution >= 4 is 23.7 Å². The molecule has 0 aliphatic heterocycles. The van der Waals surface area contributed by atoms with Gasteiger partial charge in [0, 0.05) is 14.1 Å². The van der Waals surface area contributed by atoms with Crippen LogP contribution in [0.2, 0.25) is 0 Å². The molecule has 0 saturated carbocycles. The number of nitrogen functional groups attached to an aromatic ring is 1. The predicted molar refractivity (Wildman–Crippen MR) is 62.1 cm³/mol. The number of hydrogen-bond donors (Lipinski definition) is 3. The zero-order chi connectivity index (χ0) is 12.0. The standard InChI is InChI=1S/C7H9N5.C2H5NO/c1-9-6-4-12-7(10-6)3-2-5(8)11-12;1-3-2-4/h2-4,9H,1H3,(H2,8,11);2H,1H3,(H,3,4). The number of anilines is 2. The second kappa shape index (κ2) is 5.54. The van der Waals surface area contributed by atoms with E-state index in [4.69, 9.17) is 10.5 Å². The lowest BCUT2D eigenvalue weighted by Gasteiger charge is -1.91. The second-order valence-electron chi connectivity index (χ2n) is 2.84. The van der Waals surface area contributed by atoms with Crippen LogP contribution in [0.25, 0.3) is 5.65 Å². The Bertz CT molecular complexity index is 466. The first-order valence-corrected chi connectivity index (χ1v) is 4.62. The van der Waals surface area contributed by atoms with Crippen molar-refractivity contribution in [3.63, 3.8) is 0 Å². The molecule has 0 aliphatic rings. The minimum Gasteiger partial charge on any atom is -0.382 e. The van der Waals surface area contributed by atoms with Gasteiger partial charge in [0.2, 0.25) is 6.41 Å². The molecule has 86 valence electrons. The highest BCUT2D eigenvalue weighted by Crippen LogP contribution is 2.08. The van der Waals surface area contributed by atoms with Crippen molar-refractivity contribution in [3.05, 3.63) is 18.3 Å². The van der Waals surface area contributed by atoms with Crippen molar-refractivity contribution < 1.29 is 4.79 Å². The first-order chi connectivity index (χ1) is 7.71. The lowest BCUT2D eigenvalue weighted by molar-refractivity contribution is -0.109. The number of nitrogens with one attached hydrogen (secondary N) is 2. The van der Waals surface area contributed by atoms with Crippen LogP contribution >= 0.6 is 0 Å². The van der Waals surface area contributed by atoms with E-state index in [1.165, 1.54) is 0 Å². The number of carbonyl (C=O) groups is 1. The Hall–Kier alpha value is -2.31. The molecule has 0 saturated heterocycles. The lowest BCUT2D eigenvalue weighted by atomic mass is 10.5. The first-order valence-electron chi connectivity index (χ1n) is 4.62. The monoisotopic (exact) mass is 222 g/mol. The minimum atomic E-state index is 0.488. The van der Waals surface area contributed by atoms with Crippen LogP contribution in [0.4, 0.5) is 11.6 Å². The number of hydrogen-bond acceptors (Lipinski definition) is 5. The van der Waals surface area contributed by atoms with E-state index in [9.17, 15) is 0 Å². The maximum Gasteiger partial charge on any atom is 0.206 e. The fraction of sp³-hybridized carbons (Fsp3) is 0.222. The van der Waals surface area contributed by atoms with Crippen LogP contribution < -0.4 is 16.4 Å². The van der Waals surface area contributed by atoms with Crippen molar-refractivity contribution in [2.75, 3.05) is 25.1 Å². The van der Waals surface area contributed by atoms with Gasteiger partial charge >= 0.3 is 0 Å². The van der Waals surface area contributed by atoms with Gasteiger partial charge in [-0.2, -0.15) is 0 Å². The highest BCUT2D eigenvalue weighted by Gasteiger charge is 1.99. The van der Waals surface area contributed by atoms with Crippen molar-refractivity contribution in [2.24, 2.45) is 0 Å². The molecule has 4 N–H and O–H groups in total. The molecule has 2 aromatic rings. The van der Waals surface area contributed by atoms with Gasteiger partial charge in [-0.15, -0.1) is 5.10 Å². The van der Waals surface area contributed by atoms with E-state index in [1.54, 1.807) is 23.8 Å². The molecule has 0 aliphatic carbocycles. The molecule has 16 heavy (non-hydrogen) atoms. The number of nitrogens with two attached hydrogens (primary N) is 1. The number of fused-ring (bicyclic) bond motifs is 1. The van der Waals surface area contributed by atoms with Crippen LogP contribution in [-0.2, 0) is 4.79 Å². The first kappa shape index (κ1) is 11.8. The Morgan fingerprint density at radius 1 is 1.44 bits per heavy atom. The quantitative estimate of drug-likeness (QED) is 0.607. The lowest BCUT2D eigenvalue weighted by Crippen LogP contribution is -1.98. The summed E-state index contributed by atoms with van der Waals surface area (Å²) in [7, 11) is 3.37. The average molecular weight is 222 g/mol. The average Bonchev–Trinajstić information content (AvgIpc) is 2.71. The van der Waals surface area contributed by atoms with Crippen LogP contribution in [-0.4, -0.2) is 35.1 Å². The summed E-state index contributed by atoms with van der Waals surface area (Å²) in [4.78, 5) is 13.3. The Morgan fingerprint density at radius 3 is 2.69 bits per heavy atom. The van der Waals surface area contributed by atoms with Gasteiger partial charge < -0.3 is 16.4 Å². The minimum absolute atomic E-state index is 0.488. The summed E-state index contributed by atoms with van der Waals surface area (Å²) < 4.78 is 1.64. The van der Waals surface area contributed by atoms with Crippen molar-refractivity contribution in [1.29, 1.82) is 0 Å². The van der Waals surface area contributed by atoms with Gasteiger partial charge in [-0.3, -0.25) is 4.79 Å². The Morgan fingerprint density at radius 2 is 2.12 bits per heavy atom. The number of aromatic nitrogens is 3. The normalized spacial score (nSPS) is 9.12. The number of carbonyl (C=O) groups excluding carboxylic acids is 1. The third-order valence-corrected chi connectivity index (χ3v) is 1.71. The smallest absolute Gasteiger partial charge is 0.206 e. The molecule has 0 spiro atoms.